The summed E-state index contributed by atoms with van der Waals surface area (Å²) in [5.41, 5.74) is 0.580. The summed E-state index contributed by atoms with van der Waals surface area (Å²) in [6, 6.07) is 3.05. The van der Waals surface area contributed by atoms with Crippen LogP contribution in [0.25, 0.3) is 11.0 Å². The standard InChI is InChI=1S/C12H13FN2O2/c1-6(2)10-12(17)15-11-8(14-10)4-3-7(5-16)9(11)13/h3-4,6,16H,5H2,1-2H3,(H,15,17). The first kappa shape index (κ1) is 11.7. The lowest BCUT2D eigenvalue weighted by Gasteiger charge is -2.07. The minimum Gasteiger partial charge on any atom is -0.392 e. The first-order valence-electron chi connectivity index (χ1n) is 5.36. The lowest BCUT2D eigenvalue weighted by molar-refractivity contribution is 0.276. The van der Waals surface area contributed by atoms with Gasteiger partial charge in [-0.15, -0.1) is 0 Å². The van der Waals surface area contributed by atoms with Gasteiger partial charge in [-0.05, 0) is 6.07 Å². The van der Waals surface area contributed by atoms with E-state index in [-0.39, 0.29) is 22.6 Å². The molecule has 0 unspecified atom stereocenters. The highest BCUT2D eigenvalue weighted by Crippen LogP contribution is 2.18. The molecule has 5 heteroatoms. The Balaban J connectivity index is 2.79. The highest BCUT2D eigenvalue weighted by Gasteiger charge is 2.13. The highest BCUT2D eigenvalue weighted by molar-refractivity contribution is 5.75. The Morgan fingerprint density at radius 2 is 2.18 bits per heavy atom. The molecule has 1 aromatic heterocycles. The quantitative estimate of drug-likeness (QED) is 0.833. The summed E-state index contributed by atoms with van der Waals surface area (Å²) in [5.74, 6) is -0.645. The van der Waals surface area contributed by atoms with Gasteiger partial charge in [-0.25, -0.2) is 9.37 Å². The Kier molecular flexibility index (Phi) is 2.93. The molecule has 17 heavy (non-hydrogen) atoms. The number of benzene rings is 1. The van der Waals surface area contributed by atoms with Crippen LogP contribution in [0.4, 0.5) is 4.39 Å². The van der Waals surface area contributed by atoms with Crippen molar-refractivity contribution in [1.29, 1.82) is 0 Å². The number of aliphatic hydroxyl groups is 1. The van der Waals surface area contributed by atoms with Crippen LogP contribution in [0, 0.1) is 5.82 Å². The van der Waals surface area contributed by atoms with Crippen LogP contribution in [0.2, 0.25) is 0 Å². The summed E-state index contributed by atoms with van der Waals surface area (Å²) in [4.78, 5) is 18.3. The van der Waals surface area contributed by atoms with E-state index in [9.17, 15) is 9.18 Å². The number of hydrogen-bond donors (Lipinski definition) is 2. The summed E-state index contributed by atoms with van der Waals surface area (Å²) >= 11 is 0. The van der Waals surface area contributed by atoms with Crippen LogP contribution >= 0.6 is 0 Å². The molecule has 0 aliphatic carbocycles. The lowest BCUT2D eigenvalue weighted by atomic mass is 10.1. The van der Waals surface area contributed by atoms with Gasteiger partial charge >= 0.3 is 0 Å². The molecule has 2 rings (SSSR count). The van der Waals surface area contributed by atoms with Crippen molar-refractivity contribution in [2.45, 2.75) is 26.4 Å². The number of aromatic nitrogens is 2. The van der Waals surface area contributed by atoms with E-state index in [4.69, 9.17) is 5.11 Å². The molecule has 4 nitrogen and oxygen atoms in total. The number of rotatable bonds is 2. The van der Waals surface area contributed by atoms with Gasteiger partial charge in [0, 0.05) is 11.5 Å². The Morgan fingerprint density at radius 1 is 1.47 bits per heavy atom. The number of fused-ring (bicyclic) bond motifs is 1. The monoisotopic (exact) mass is 236 g/mol. The van der Waals surface area contributed by atoms with Crippen molar-refractivity contribution in [3.63, 3.8) is 0 Å². The molecule has 0 aliphatic rings. The molecule has 0 radical (unpaired) electrons. The van der Waals surface area contributed by atoms with Gasteiger partial charge < -0.3 is 10.1 Å². The Bertz CT molecular complexity index is 620. The number of nitrogens with one attached hydrogen (secondary N) is 1. The molecule has 0 bridgehead atoms. The fourth-order valence-corrected chi connectivity index (χ4v) is 1.69. The average Bonchev–Trinajstić information content (AvgIpc) is 2.29. The van der Waals surface area contributed by atoms with Gasteiger partial charge in [-0.2, -0.15) is 0 Å². The molecule has 0 spiro atoms. The van der Waals surface area contributed by atoms with Crippen LogP contribution in [-0.2, 0) is 6.61 Å². The molecule has 90 valence electrons. The molecule has 0 amide bonds. The first-order valence-corrected chi connectivity index (χ1v) is 5.36. The Labute approximate surface area is 97.1 Å². The van der Waals surface area contributed by atoms with Crippen molar-refractivity contribution in [1.82, 2.24) is 9.97 Å². The molecule has 0 atom stereocenters. The summed E-state index contributed by atoms with van der Waals surface area (Å²) < 4.78 is 13.8. The molecule has 0 fully saturated rings. The van der Waals surface area contributed by atoms with Crippen molar-refractivity contribution < 1.29 is 9.50 Å². The maximum atomic E-state index is 13.8. The predicted octanol–water partition coefficient (Wildman–Crippen LogP) is 1.68. The van der Waals surface area contributed by atoms with Crippen LogP contribution in [-0.4, -0.2) is 15.1 Å². The second kappa shape index (κ2) is 4.25. The molecule has 0 saturated heterocycles. The van der Waals surface area contributed by atoms with E-state index in [1.54, 1.807) is 6.07 Å². The summed E-state index contributed by atoms with van der Waals surface area (Å²) in [5, 5.41) is 8.94. The molecule has 0 saturated carbocycles. The maximum Gasteiger partial charge on any atom is 0.270 e. The van der Waals surface area contributed by atoms with E-state index in [0.717, 1.165) is 0 Å². The normalized spacial score (nSPS) is 11.4. The molecule has 0 aliphatic heterocycles. The van der Waals surface area contributed by atoms with Crippen LogP contribution in [0.5, 0.6) is 0 Å². The summed E-state index contributed by atoms with van der Waals surface area (Å²) in [6.07, 6.45) is 0. The average molecular weight is 236 g/mol. The summed E-state index contributed by atoms with van der Waals surface area (Å²) in [6.45, 7) is 3.29. The zero-order valence-corrected chi connectivity index (χ0v) is 9.62. The Hall–Kier alpha value is -1.75. The van der Waals surface area contributed by atoms with E-state index in [1.165, 1.54) is 6.07 Å². The van der Waals surface area contributed by atoms with Crippen LogP contribution < -0.4 is 5.56 Å². The van der Waals surface area contributed by atoms with Crippen molar-refractivity contribution >= 4 is 11.0 Å². The highest BCUT2D eigenvalue weighted by atomic mass is 19.1. The second-order valence-electron chi connectivity index (χ2n) is 4.20. The number of H-pyrrole nitrogens is 1. The number of aliphatic hydroxyl groups excluding tert-OH is 1. The molecular weight excluding hydrogens is 223 g/mol. The third kappa shape index (κ3) is 1.93. The molecular formula is C12H13FN2O2. The predicted molar refractivity (Wildman–Crippen MR) is 62.3 cm³/mol. The molecule has 2 aromatic rings. The topological polar surface area (TPSA) is 66.0 Å². The molecule has 1 heterocycles. The zero-order chi connectivity index (χ0) is 12.6. The SMILES string of the molecule is CC(C)c1nc2ccc(CO)c(F)c2[nH]c1=O. The minimum absolute atomic E-state index is 0.0243. The number of halogens is 1. The van der Waals surface area contributed by atoms with Crippen molar-refractivity contribution in [3.8, 4) is 0 Å². The van der Waals surface area contributed by atoms with E-state index in [0.29, 0.717) is 11.2 Å². The largest absolute Gasteiger partial charge is 0.392 e. The van der Waals surface area contributed by atoms with Gasteiger partial charge in [0.2, 0.25) is 0 Å². The van der Waals surface area contributed by atoms with Crippen molar-refractivity contribution in [3.05, 3.63) is 39.6 Å². The van der Waals surface area contributed by atoms with Gasteiger partial charge in [0.1, 0.15) is 11.2 Å². The zero-order valence-electron chi connectivity index (χ0n) is 9.62. The van der Waals surface area contributed by atoms with Crippen LogP contribution in [0.1, 0.15) is 31.0 Å². The maximum absolute atomic E-state index is 13.8. The van der Waals surface area contributed by atoms with Crippen molar-refractivity contribution in [2.24, 2.45) is 0 Å². The lowest BCUT2D eigenvalue weighted by Crippen LogP contribution is -2.17. The second-order valence-corrected chi connectivity index (χ2v) is 4.20. The van der Waals surface area contributed by atoms with Crippen LogP contribution in [0.15, 0.2) is 16.9 Å². The molecule has 2 N–H and O–H groups in total. The van der Waals surface area contributed by atoms with Crippen molar-refractivity contribution in [2.75, 3.05) is 0 Å². The fraction of sp³-hybridized carbons (Fsp3) is 0.333. The smallest absolute Gasteiger partial charge is 0.270 e. The summed E-state index contributed by atoms with van der Waals surface area (Å²) in [7, 11) is 0. The van der Waals surface area contributed by atoms with Crippen LogP contribution in [0.3, 0.4) is 0 Å². The fourth-order valence-electron chi connectivity index (χ4n) is 1.69. The third-order valence-electron chi connectivity index (χ3n) is 2.63. The first-order chi connectivity index (χ1) is 8.04. The van der Waals surface area contributed by atoms with Gasteiger partial charge in [0.15, 0.2) is 5.82 Å². The number of nitrogens with zero attached hydrogens (tertiary/aromatic N) is 1. The van der Waals surface area contributed by atoms with E-state index < -0.39 is 12.4 Å². The van der Waals surface area contributed by atoms with Gasteiger partial charge in [0.25, 0.3) is 5.56 Å². The van der Waals surface area contributed by atoms with E-state index >= 15 is 0 Å². The number of aromatic amines is 1. The third-order valence-corrected chi connectivity index (χ3v) is 2.63. The van der Waals surface area contributed by atoms with Gasteiger partial charge in [0.05, 0.1) is 12.1 Å². The van der Waals surface area contributed by atoms with Gasteiger partial charge in [-0.1, -0.05) is 19.9 Å². The van der Waals surface area contributed by atoms with E-state index in [2.05, 4.69) is 9.97 Å². The Morgan fingerprint density at radius 3 is 2.76 bits per heavy atom. The number of hydrogen-bond acceptors (Lipinski definition) is 3. The van der Waals surface area contributed by atoms with E-state index in [1.807, 2.05) is 13.8 Å². The minimum atomic E-state index is -0.620. The van der Waals surface area contributed by atoms with Gasteiger partial charge in [-0.3, -0.25) is 4.79 Å². The molecule has 1 aromatic carbocycles.